The lowest BCUT2D eigenvalue weighted by Crippen LogP contribution is -2.29. The number of aromatic amines is 2. The van der Waals surface area contributed by atoms with E-state index >= 15 is 0 Å². The summed E-state index contributed by atoms with van der Waals surface area (Å²) in [5.41, 5.74) is 5.83. The van der Waals surface area contributed by atoms with E-state index in [2.05, 4.69) is 35.5 Å². The number of nitrogens with two attached hydrogens (primary N) is 1. The molecule has 1 unspecified atom stereocenters. The molecule has 0 aromatic carbocycles. The fourth-order valence-corrected chi connectivity index (χ4v) is 2.72. The smallest absolute Gasteiger partial charge is 0.258 e. The molecule has 98 valence electrons. The van der Waals surface area contributed by atoms with Crippen LogP contribution in [-0.4, -0.2) is 39.2 Å². The van der Waals surface area contributed by atoms with Gasteiger partial charge in [0.2, 0.25) is 0 Å². The van der Waals surface area contributed by atoms with Crippen LogP contribution >= 0.6 is 0 Å². The summed E-state index contributed by atoms with van der Waals surface area (Å²) >= 11 is 0. The van der Waals surface area contributed by atoms with Crippen LogP contribution in [0.5, 0.6) is 0 Å². The number of hydrogen-bond donors (Lipinski definition) is 4. The van der Waals surface area contributed by atoms with E-state index in [1.807, 2.05) is 0 Å². The van der Waals surface area contributed by atoms with Crippen LogP contribution < -0.4 is 10.5 Å². The molecule has 2 heterocycles. The Morgan fingerprint density at radius 1 is 1.56 bits per heavy atom. The van der Waals surface area contributed by atoms with Gasteiger partial charge in [0.05, 0.1) is 12.2 Å². The van der Waals surface area contributed by atoms with E-state index in [9.17, 15) is 8.42 Å². The van der Waals surface area contributed by atoms with Gasteiger partial charge in [-0.1, -0.05) is 5.21 Å². The Morgan fingerprint density at radius 3 is 2.94 bits per heavy atom. The van der Waals surface area contributed by atoms with Crippen LogP contribution in [0.1, 0.15) is 24.4 Å². The normalized spacial score (nSPS) is 13.7. The van der Waals surface area contributed by atoms with E-state index in [0.29, 0.717) is 5.56 Å². The van der Waals surface area contributed by atoms with Crippen molar-refractivity contribution in [3.05, 3.63) is 17.6 Å². The monoisotopic (exact) mass is 272 g/mol. The van der Waals surface area contributed by atoms with Crippen LogP contribution in [0, 0.1) is 0 Å². The van der Waals surface area contributed by atoms with Gasteiger partial charge in [-0.05, 0) is 6.92 Å². The minimum Gasteiger partial charge on any atom is -0.326 e. The second-order valence-electron chi connectivity index (χ2n) is 3.54. The molecular weight excluding hydrogens is 260 g/mol. The molecule has 0 amide bonds. The molecule has 2 aromatic heterocycles. The molecular formula is C7H12N8O2S. The van der Waals surface area contributed by atoms with Crippen molar-refractivity contribution >= 4 is 10.0 Å². The highest BCUT2D eigenvalue weighted by molar-refractivity contribution is 7.89. The van der Waals surface area contributed by atoms with E-state index in [-0.39, 0.29) is 17.4 Å². The maximum atomic E-state index is 12.1. The summed E-state index contributed by atoms with van der Waals surface area (Å²) in [5, 5.41) is 19.0. The zero-order valence-electron chi connectivity index (χ0n) is 9.45. The van der Waals surface area contributed by atoms with E-state index in [1.54, 1.807) is 6.92 Å². The van der Waals surface area contributed by atoms with Crippen molar-refractivity contribution in [1.82, 2.24) is 35.5 Å². The molecule has 10 nitrogen and oxygen atoms in total. The van der Waals surface area contributed by atoms with Gasteiger partial charge in [0.25, 0.3) is 10.0 Å². The quantitative estimate of drug-likeness (QED) is 0.511. The summed E-state index contributed by atoms with van der Waals surface area (Å²) in [6.45, 7) is 1.67. The minimum atomic E-state index is -3.75. The molecule has 2 rings (SSSR count). The average molecular weight is 272 g/mol. The van der Waals surface area contributed by atoms with Crippen LogP contribution in [0.4, 0.5) is 0 Å². The number of nitrogens with one attached hydrogen (secondary N) is 3. The van der Waals surface area contributed by atoms with Gasteiger partial charge >= 0.3 is 0 Å². The molecule has 0 fully saturated rings. The number of sulfonamides is 1. The summed E-state index contributed by atoms with van der Waals surface area (Å²) in [6, 6.07) is -0.623. The molecule has 0 saturated carbocycles. The molecule has 0 saturated heterocycles. The largest absolute Gasteiger partial charge is 0.326 e. The Labute approximate surface area is 102 Å². The van der Waals surface area contributed by atoms with Crippen molar-refractivity contribution < 1.29 is 8.42 Å². The van der Waals surface area contributed by atoms with Gasteiger partial charge < -0.3 is 5.73 Å². The molecule has 5 N–H and O–H groups in total. The fourth-order valence-electron chi connectivity index (χ4n) is 1.37. The summed E-state index contributed by atoms with van der Waals surface area (Å²) in [5.74, 6) is 0.243. The third-order valence-corrected chi connectivity index (χ3v) is 3.80. The molecule has 0 radical (unpaired) electrons. The van der Waals surface area contributed by atoms with Crippen LogP contribution in [0.15, 0.2) is 11.2 Å². The number of tetrazole rings is 1. The van der Waals surface area contributed by atoms with Crippen molar-refractivity contribution in [2.75, 3.05) is 0 Å². The highest BCUT2D eigenvalue weighted by atomic mass is 32.2. The van der Waals surface area contributed by atoms with Crippen molar-refractivity contribution in [3.8, 4) is 0 Å². The molecule has 18 heavy (non-hydrogen) atoms. The lowest BCUT2D eigenvalue weighted by molar-refractivity contribution is 0.554. The first-order valence-electron chi connectivity index (χ1n) is 5.02. The standard InChI is InChI=1S/C7H12N8O2S/c1-4(6-10-14-15-11-6)13-18(16,17)7-5(2-8)3-9-12-7/h3-4,13H,2,8H2,1H3,(H,9,12)(H,10,11,14,15). The Hall–Kier alpha value is -1.85. The van der Waals surface area contributed by atoms with Crippen LogP contribution in [0.3, 0.4) is 0 Å². The predicted octanol–water partition coefficient (Wildman–Crippen LogP) is -1.58. The minimum absolute atomic E-state index is 0.0552. The molecule has 0 aliphatic carbocycles. The second-order valence-corrected chi connectivity index (χ2v) is 5.19. The van der Waals surface area contributed by atoms with Crippen molar-refractivity contribution in [1.29, 1.82) is 0 Å². The molecule has 0 bridgehead atoms. The zero-order valence-corrected chi connectivity index (χ0v) is 10.3. The Bertz CT molecular complexity index is 603. The van der Waals surface area contributed by atoms with Crippen LogP contribution in [0.25, 0.3) is 0 Å². The molecule has 0 aliphatic rings. The van der Waals surface area contributed by atoms with Gasteiger partial charge in [-0.15, -0.1) is 10.2 Å². The SMILES string of the molecule is CC(NS(=O)(=O)c1[nH]ncc1CN)c1nn[nH]n1. The first kappa shape index (κ1) is 12.6. The third kappa shape index (κ3) is 2.37. The number of nitrogens with zero attached hydrogens (tertiary/aromatic N) is 4. The number of aromatic nitrogens is 6. The molecule has 2 aromatic rings. The molecule has 11 heteroatoms. The van der Waals surface area contributed by atoms with E-state index < -0.39 is 16.1 Å². The highest BCUT2D eigenvalue weighted by Crippen LogP contribution is 2.14. The predicted molar refractivity (Wildman–Crippen MR) is 59.4 cm³/mol. The lowest BCUT2D eigenvalue weighted by Gasteiger charge is -2.10. The zero-order chi connectivity index (χ0) is 13.2. The van der Waals surface area contributed by atoms with Crippen molar-refractivity contribution in [3.63, 3.8) is 0 Å². The number of rotatable bonds is 5. The number of H-pyrrole nitrogens is 2. The maximum Gasteiger partial charge on any atom is 0.258 e. The fraction of sp³-hybridized carbons (Fsp3) is 0.429. The number of hydrogen-bond acceptors (Lipinski definition) is 7. The van der Waals surface area contributed by atoms with Gasteiger partial charge in [-0.3, -0.25) is 5.10 Å². The van der Waals surface area contributed by atoms with Crippen LogP contribution in [-0.2, 0) is 16.6 Å². The van der Waals surface area contributed by atoms with Gasteiger partial charge in [0, 0.05) is 12.1 Å². The van der Waals surface area contributed by atoms with Crippen LogP contribution in [0.2, 0.25) is 0 Å². The molecule has 1 atom stereocenters. The van der Waals surface area contributed by atoms with Gasteiger partial charge in [0.1, 0.15) is 0 Å². The van der Waals surface area contributed by atoms with Crippen molar-refractivity contribution in [2.24, 2.45) is 5.73 Å². The first-order valence-corrected chi connectivity index (χ1v) is 6.51. The van der Waals surface area contributed by atoms with Crippen molar-refractivity contribution in [2.45, 2.75) is 24.5 Å². The maximum absolute atomic E-state index is 12.1. The highest BCUT2D eigenvalue weighted by Gasteiger charge is 2.24. The third-order valence-electron chi connectivity index (χ3n) is 2.25. The lowest BCUT2D eigenvalue weighted by atomic mass is 10.4. The second kappa shape index (κ2) is 4.80. The molecule has 0 spiro atoms. The Balaban J connectivity index is 2.23. The summed E-state index contributed by atoms with van der Waals surface area (Å²) in [6.07, 6.45) is 1.37. The van der Waals surface area contributed by atoms with Gasteiger partial charge in [-0.2, -0.15) is 15.0 Å². The average Bonchev–Trinajstić information content (AvgIpc) is 2.99. The summed E-state index contributed by atoms with van der Waals surface area (Å²) < 4.78 is 26.5. The summed E-state index contributed by atoms with van der Waals surface area (Å²) in [7, 11) is -3.75. The van der Waals surface area contributed by atoms with E-state index in [1.165, 1.54) is 6.20 Å². The van der Waals surface area contributed by atoms with Gasteiger partial charge in [-0.25, -0.2) is 8.42 Å². The summed E-state index contributed by atoms with van der Waals surface area (Å²) in [4.78, 5) is 0. The van der Waals surface area contributed by atoms with E-state index in [0.717, 1.165) is 0 Å². The molecule has 0 aliphatic heterocycles. The first-order chi connectivity index (χ1) is 8.54. The van der Waals surface area contributed by atoms with E-state index in [4.69, 9.17) is 5.73 Å². The Morgan fingerprint density at radius 2 is 2.33 bits per heavy atom. The Kier molecular flexibility index (Phi) is 3.36. The topological polar surface area (TPSA) is 155 Å². The van der Waals surface area contributed by atoms with Gasteiger partial charge in [0.15, 0.2) is 10.9 Å².